The largest absolute Gasteiger partial charge is 0.471 e. The number of carbonyl (C=O) groups excluding carboxylic acids is 1. The van der Waals surface area contributed by atoms with Crippen molar-refractivity contribution in [1.29, 1.82) is 0 Å². The topological polar surface area (TPSA) is 67.6 Å². The number of likely N-dealkylation sites (tertiary alicyclic amines) is 1. The van der Waals surface area contributed by atoms with Gasteiger partial charge in [0, 0.05) is 25.7 Å². The van der Waals surface area contributed by atoms with Crippen molar-refractivity contribution in [3.05, 3.63) is 83.6 Å². The highest BCUT2D eigenvalue weighted by molar-refractivity contribution is 5.91. The number of carbonyl (C=O) groups is 1. The number of nitrogens with one attached hydrogen (secondary N) is 1. The van der Waals surface area contributed by atoms with Crippen molar-refractivity contribution in [3.63, 3.8) is 0 Å². The minimum Gasteiger partial charge on any atom is -0.471 e. The molecule has 29 heavy (non-hydrogen) atoms. The summed E-state index contributed by atoms with van der Waals surface area (Å²) in [7, 11) is 0. The fourth-order valence-electron chi connectivity index (χ4n) is 3.50. The van der Waals surface area contributed by atoms with Gasteiger partial charge >= 0.3 is 0 Å². The fourth-order valence-corrected chi connectivity index (χ4v) is 3.50. The number of piperidine rings is 1. The Kier molecular flexibility index (Phi) is 6.22. The summed E-state index contributed by atoms with van der Waals surface area (Å²) in [5.41, 5.74) is 2.35. The van der Waals surface area contributed by atoms with Crippen molar-refractivity contribution in [3.8, 4) is 5.88 Å². The molecule has 0 radical (unpaired) electrons. The lowest BCUT2D eigenvalue weighted by Crippen LogP contribution is -2.44. The summed E-state index contributed by atoms with van der Waals surface area (Å²) in [5, 5.41) is 6.89. The number of nitrogens with zero attached hydrogens (tertiary/aromatic N) is 2. The van der Waals surface area contributed by atoms with E-state index in [-0.39, 0.29) is 17.7 Å². The number of ether oxygens (including phenoxy) is 1. The highest BCUT2D eigenvalue weighted by Gasteiger charge is 2.23. The first-order chi connectivity index (χ1) is 14.3. The van der Waals surface area contributed by atoms with Gasteiger partial charge in [-0.1, -0.05) is 60.7 Å². The van der Waals surface area contributed by atoms with E-state index in [1.807, 2.05) is 36.4 Å². The Morgan fingerprint density at radius 1 is 1.03 bits per heavy atom. The minimum atomic E-state index is -0.242. The quantitative estimate of drug-likeness (QED) is 0.666. The van der Waals surface area contributed by atoms with Gasteiger partial charge in [-0.2, -0.15) is 0 Å². The molecule has 2 aromatic carbocycles. The maximum absolute atomic E-state index is 12.5. The third kappa shape index (κ3) is 5.45. The maximum Gasteiger partial charge on any atom is 0.290 e. The van der Waals surface area contributed by atoms with Crippen molar-refractivity contribution in [1.82, 2.24) is 15.4 Å². The van der Waals surface area contributed by atoms with Crippen molar-refractivity contribution >= 4 is 5.91 Å². The van der Waals surface area contributed by atoms with Crippen LogP contribution in [0.2, 0.25) is 0 Å². The number of rotatable bonds is 7. The van der Waals surface area contributed by atoms with Gasteiger partial charge in [0.1, 0.15) is 6.61 Å². The lowest BCUT2D eigenvalue weighted by Gasteiger charge is -2.32. The number of aromatic nitrogens is 1. The van der Waals surface area contributed by atoms with E-state index < -0.39 is 0 Å². The first kappa shape index (κ1) is 19.2. The highest BCUT2D eigenvalue weighted by Crippen LogP contribution is 2.17. The van der Waals surface area contributed by atoms with Crippen molar-refractivity contribution in [2.24, 2.45) is 0 Å². The van der Waals surface area contributed by atoms with Gasteiger partial charge in [0.2, 0.25) is 5.76 Å². The summed E-state index contributed by atoms with van der Waals surface area (Å²) in [6.07, 6.45) is 1.84. The van der Waals surface area contributed by atoms with Crippen LogP contribution in [0.4, 0.5) is 0 Å². The van der Waals surface area contributed by atoms with Crippen LogP contribution in [0.1, 0.15) is 34.5 Å². The SMILES string of the molecule is O=C(NC1CCN(Cc2ccccc2)CC1)c1cc(OCc2ccccc2)no1. The summed E-state index contributed by atoms with van der Waals surface area (Å²) in [6.45, 7) is 3.25. The van der Waals surface area contributed by atoms with Gasteiger partial charge in [-0.25, -0.2) is 0 Å². The molecule has 4 rings (SSSR count). The van der Waals surface area contributed by atoms with E-state index in [0.717, 1.165) is 38.0 Å². The van der Waals surface area contributed by atoms with E-state index in [0.29, 0.717) is 12.5 Å². The van der Waals surface area contributed by atoms with Crippen LogP contribution < -0.4 is 10.1 Å². The van der Waals surface area contributed by atoms with E-state index in [4.69, 9.17) is 9.26 Å². The molecular weight excluding hydrogens is 366 g/mol. The third-order valence-corrected chi connectivity index (χ3v) is 5.11. The van der Waals surface area contributed by atoms with Crippen LogP contribution >= 0.6 is 0 Å². The molecule has 1 amide bonds. The smallest absolute Gasteiger partial charge is 0.290 e. The van der Waals surface area contributed by atoms with E-state index in [2.05, 4.69) is 39.6 Å². The van der Waals surface area contributed by atoms with Crippen LogP contribution in [-0.2, 0) is 13.2 Å². The minimum absolute atomic E-state index is 0.147. The number of amides is 1. The van der Waals surface area contributed by atoms with Gasteiger partial charge in [0.15, 0.2) is 0 Å². The lowest BCUT2D eigenvalue weighted by molar-refractivity contribution is 0.0871. The normalized spacial score (nSPS) is 15.2. The van der Waals surface area contributed by atoms with Gasteiger partial charge in [-0.3, -0.25) is 9.69 Å². The van der Waals surface area contributed by atoms with Gasteiger partial charge in [-0.05, 0) is 29.1 Å². The molecule has 0 bridgehead atoms. The molecule has 1 aliphatic rings. The molecule has 150 valence electrons. The molecule has 2 heterocycles. The Morgan fingerprint density at radius 2 is 1.69 bits per heavy atom. The Morgan fingerprint density at radius 3 is 2.38 bits per heavy atom. The summed E-state index contributed by atoms with van der Waals surface area (Å²) in [6, 6.07) is 21.9. The Bertz CT molecular complexity index is 903. The van der Waals surface area contributed by atoms with E-state index >= 15 is 0 Å². The first-order valence-electron chi connectivity index (χ1n) is 9.97. The molecule has 0 unspecified atom stereocenters. The second-order valence-electron chi connectivity index (χ2n) is 7.31. The standard InChI is InChI=1S/C23H25N3O3/c27-23(21-15-22(25-29-21)28-17-19-9-5-2-6-10-19)24-20-11-13-26(14-12-20)16-18-7-3-1-4-8-18/h1-10,15,20H,11-14,16-17H2,(H,24,27). The van der Waals surface area contributed by atoms with Crippen LogP contribution in [0.5, 0.6) is 5.88 Å². The zero-order valence-corrected chi connectivity index (χ0v) is 16.3. The van der Waals surface area contributed by atoms with Gasteiger partial charge < -0.3 is 14.6 Å². The Hall–Kier alpha value is -3.12. The summed E-state index contributed by atoms with van der Waals surface area (Å²) in [5.74, 6) is 0.255. The van der Waals surface area contributed by atoms with Crippen LogP contribution in [0.3, 0.4) is 0 Å². The molecular formula is C23H25N3O3. The molecule has 0 aliphatic carbocycles. The average Bonchev–Trinajstić information content (AvgIpc) is 3.24. The fraction of sp³-hybridized carbons (Fsp3) is 0.304. The molecule has 0 atom stereocenters. The molecule has 1 fully saturated rings. The summed E-state index contributed by atoms with van der Waals surface area (Å²) in [4.78, 5) is 14.9. The van der Waals surface area contributed by atoms with Crippen molar-refractivity contribution in [2.45, 2.75) is 32.0 Å². The maximum atomic E-state index is 12.5. The molecule has 0 spiro atoms. The van der Waals surface area contributed by atoms with Gasteiger partial charge in [0.25, 0.3) is 11.8 Å². The van der Waals surface area contributed by atoms with Crippen LogP contribution in [0.15, 0.2) is 71.3 Å². The highest BCUT2D eigenvalue weighted by atomic mass is 16.5. The molecule has 1 saturated heterocycles. The third-order valence-electron chi connectivity index (χ3n) is 5.11. The Balaban J connectivity index is 1.22. The molecule has 1 N–H and O–H groups in total. The van der Waals surface area contributed by atoms with E-state index in [9.17, 15) is 4.79 Å². The summed E-state index contributed by atoms with van der Waals surface area (Å²) >= 11 is 0. The second-order valence-corrected chi connectivity index (χ2v) is 7.31. The summed E-state index contributed by atoms with van der Waals surface area (Å²) < 4.78 is 10.8. The molecule has 1 aliphatic heterocycles. The number of hydrogen-bond donors (Lipinski definition) is 1. The monoisotopic (exact) mass is 391 g/mol. The number of hydrogen-bond acceptors (Lipinski definition) is 5. The Labute approximate surface area is 170 Å². The van der Waals surface area contributed by atoms with Crippen LogP contribution in [0.25, 0.3) is 0 Å². The molecule has 6 heteroatoms. The van der Waals surface area contributed by atoms with E-state index in [1.165, 1.54) is 5.56 Å². The lowest BCUT2D eigenvalue weighted by atomic mass is 10.0. The second kappa shape index (κ2) is 9.39. The van der Waals surface area contributed by atoms with E-state index in [1.54, 1.807) is 6.07 Å². The van der Waals surface area contributed by atoms with Gasteiger partial charge in [-0.15, -0.1) is 0 Å². The van der Waals surface area contributed by atoms with Crippen LogP contribution in [0, 0.1) is 0 Å². The first-order valence-corrected chi connectivity index (χ1v) is 9.97. The van der Waals surface area contributed by atoms with Crippen LogP contribution in [-0.4, -0.2) is 35.1 Å². The average molecular weight is 391 g/mol. The molecule has 3 aromatic rings. The zero-order valence-electron chi connectivity index (χ0n) is 16.3. The molecule has 0 saturated carbocycles. The predicted molar refractivity (Wildman–Crippen MR) is 109 cm³/mol. The predicted octanol–water partition coefficient (Wildman–Crippen LogP) is 3.65. The molecule has 1 aromatic heterocycles. The zero-order chi connectivity index (χ0) is 19.9. The van der Waals surface area contributed by atoms with Crippen molar-refractivity contribution < 1.29 is 14.1 Å². The van der Waals surface area contributed by atoms with Gasteiger partial charge in [0.05, 0.1) is 6.07 Å². The van der Waals surface area contributed by atoms with Crippen molar-refractivity contribution in [2.75, 3.05) is 13.1 Å². The number of benzene rings is 2. The molecule has 6 nitrogen and oxygen atoms in total.